The zero-order chi connectivity index (χ0) is 11.7. The van der Waals surface area contributed by atoms with Crippen molar-refractivity contribution in [3.8, 4) is 5.75 Å². The Balaban J connectivity index is 2.41. The van der Waals surface area contributed by atoms with E-state index in [9.17, 15) is 20.0 Å². The van der Waals surface area contributed by atoms with Crippen LogP contribution in [0.3, 0.4) is 0 Å². The van der Waals surface area contributed by atoms with Gasteiger partial charge in [-0.15, -0.1) is 0 Å². The number of amides is 1. The Bertz CT molecular complexity index is 459. The number of nitrogens with zero attached hydrogens (tertiary/aromatic N) is 1. The predicted molar refractivity (Wildman–Crippen MR) is 52.0 cm³/mol. The van der Waals surface area contributed by atoms with E-state index in [-0.39, 0.29) is 23.5 Å². The number of carbonyl (C=O) groups excluding carboxylic acids is 1. The van der Waals surface area contributed by atoms with Gasteiger partial charge in [-0.2, -0.15) is 0 Å². The summed E-state index contributed by atoms with van der Waals surface area (Å²) in [6, 6.07) is 3.62. The molecule has 0 saturated carbocycles. The summed E-state index contributed by atoms with van der Waals surface area (Å²) in [5.41, 5.74) is 0.00245. The van der Waals surface area contributed by atoms with Crippen molar-refractivity contribution in [1.29, 1.82) is 0 Å². The normalized spacial score (nSPS) is 19.0. The monoisotopic (exact) mass is 224 g/mol. The molecule has 2 N–H and O–H groups in total. The largest absolute Gasteiger partial charge is 0.508 e. The zero-order valence-electron chi connectivity index (χ0n) is 8.04. The van der Waals surface area contributed by atoms with Crippen LogP contribution in [0, 0.1) is 10.1 Å². The lowest BCUT2D eigenvalue weighted by Gasteiger charge is -2.08. The fraction of sp³-hybridized carbons (Fsp3) is 0.222. The molecule has 1 aliphatic rings. The van der Waals surface area contributed by atoms with Gasteiger partial charge in [-0.3, -0.25) is 10.1 Å². The topological polar surface area (TPSA) is 102 Å². The number of ether oxygens (including phenoxy) is 1. The summed E-state index contributed by atoms with van der Waals surface area (Å²) in [4.78, 5) is 21.0. The number of hydrogen-bond acceptors (Lipinski definition) is 5. The van der Waals surface area contributed by atoms with Gasteiger partial charge in [0.25, 0.3) is 5.69 Å². The molecule has 1 atom stereocenters. The summed E-state index contributed by atoms with van der Waals surface area (Å²) >= 11 is 0. The number of phenolic OH excluding ortho intramolecular Hbond substituents is 1. The molecule has 1 aromatic carbocycles. The molecule has 2 rings (SSSR count). The summed E-state index contributed by atoms with van der Waals surface area (Å²) in [5, 5.41) is 22.4. The van der Waals surface area contributed by atoms with E-state index in [2.05, 4.69) is 5.32 Å². The zero-order valence-corrected chi connectivity index (χ0v) is 8.04. The van der Waals surface area contributed by atoms with E-state index < -0.39 is 17.1 Å². The summed E-state index contributed by atoms with van der Waals surface area (Å²) in [6.45, 7) is 0.156. The van der Waals surface area contributed by atoms with E-state index in [0.717, 1.165) is 0 Å². The molecule has 1 saturated heterocycles. The first kappa shape index (κ1) is 10.2. The van der Waals surface area contributed by atoms with Crippen molar-refractivity contribution in [2.45, 2.75) is 6.10 Å². The van der Waals surface area contributed by atoms with Crippen LogP contribution in [0.25, 0.3) is 0 Å². The second-order valence-electron chi connectivity index (χ2n) is 3.28. The number of nitrogens with one attached hydrogen (secondary N) is 1. The number of rotatable bonds is 2. The molecule has 84 valence electrons. The summed E-state index contributed by atoms with van der Waals surface area (Å²) in [5.74, 6) is -0.108. The molecule has 0 aliphatic carbocycles. The van der Waals surface area contributed by atoms with Crippen LogP contribution in [-0.4, -0.2) is 22.7 Å². The van der Waals surface area contributed by atoms with Gasteiger partial charge in [0.2, 0.25) is 0 Å². The fourth-order valence-electron chi connectivity index (χ4n) is 1.53. The Morgan fingerprint density at radius 3 is 2.88 bits per heavy atom. The predicted octanol–water partition coefficient (Wildman–Crippen LogP) is 1.08. The van der Waals surface area contributed by atoms with E-state index in [1.165, 1.54) is 18.2 Å². The molecule has 0 radical (unpaired) electrons. The highest BCUT2D eigenvalue weighted by Crippen LogP contribution is 2.32. The third-order valence-corrected chi connectivity index (χ3v) is 2.24. The lowest BCUT2D eigenvalue weighted by atomic mass is 10.1. The molecule has 1 heterocycles. The number of cyclic esters (lactones) is 1. The summed E-state index contributed by atoms with van der Waals surface area (Å²) in [7, 11) is 0. The molecule has 7 heteroatoms. The third-order valence-electron chi connectivity index (χ3n) is 2.24. The Hall–Kier alpha value is -2.31. The van der Waals surface area contributed by atoms with E-state index in [1.807, 2.05) is 0 Å². The van der Waals surface area contributed by atoms with E-state index >= 15 is 0 Å². The Morgan fingerprint density at radius 2 is 2.31 bits per heavy atom. The quantitative estimate of drug-likeness (QED) is 0.578. The molecule has 1 fully saturated rings. The van der Waals surface area contributed by atoms with Crippen molar-refractivity contribution in [2.75, 3.05) is 6.54 Å². The van der Waals surface area contributed by atoms with Gasteiger partial charge >= 0.3 is 6.09 Å². The molecule has 1 aliphatic heterocycles. The standard InChI is InChI=1S/C9H8N2O5/c12-5-1-2-7(11(14)15)6(3-5)8-4-10-9(13)16-8/h1-3,8,12H,4H2,(H,10,13). The highest BCUT2D eigenvalue weighted by molar-refractivity contribution is 5.70. The maximum Gasteiger partial charge on any atom is 0.407 e. The van der Waals surface area contributed by atoms with Crippen LogP contribution in [0.5, 0.6) is 5.75 Å². The highest BCUT2D eigenvalue weighted by Gasteiger charge is 2.30. The van der Waals surface area contributed by atoms with Crippen molar-refractivity contribution in [2.24, 2.45) is 0 Å². The van der Waals surface area contributed by atoms with E-state index in [1.54, 1.807) is 0 Å². The van der Waals surface area contributed by atoms with Gasteiger partial charge in [-0.25, -0.2) is 4.79 Å². The van der Waals surface area contributed by atoms with Crippen molar-refractivity contribution >= 4 is 11.8 Å². The summed E-state index contributed by atoms with van der Waals surface area (Å²) in [6.07, 6.45) is -1.36. The second-order valence-corrected chi connectivity index (χ2v) is 3.28. The van der Waals surface area contributed by atoms with Crippen LogP contribution in [0.15, 0.2) is 18.2 Å². The van der Waals surface area contributed by atoms with Gasteiger partial charge in [-0.05, 0) is 12.1 Å². The van der Waals surface area contributed by atoms with Crippen molar-refractivity contribution < 1.29 is 19.6 Å². The van der Waals surface area contributed by atoms with Crippen LogP contribution < -0.4 is 5.32 Å². The van der Waals surface area contributed by atoms with Crippen LogP contribution in [0.2, 0.25) is 0 Å². The minimum absolute atomic E-state index is 0.108. The molecule has 0 spiro atoms. The maximum absolute atomic E-state index is 10.8. The number of aromatic hydroxyl groups is 1. The van der Waals surface area contributed by atoms with E-state index in [4.69, 9.17) is 4.74 Å². The second kappa shape index (κ2) is 3.69. The van der Waals surface area contributed by atoms with Gasteiger partial charge < -0.3 is 15.2 Å². The number of phenols is 1. The number of hydrogen-bond donors (Lipinski definition) is 2. The number of alkyl carbamates (subject to hydrolysis) is 1. The first-order valence-electron chi connectivity index (χ1n) is 4.49. The molecule has 1 unspecified atom stereocenters. The Labute approximate surface area is 89.8 Å². The molecule has 0 bridgehead atoms. The Morgan fingerprint density at radius 1 is 1.56 bits per heavy atom. The minimum Gasteiger partial charge on any atom is -0.508 e. The van der Waals surface area contributed by atoms with Crippen molar-refractivity contribution in [1.82, 2.24) is 5.32 Å². The molecule has 0 aromatic heterocycles. The lowest BCUT2D eigenvalue weighted by Crippen LogP contribution is -2.12. The van der Waals surface area contributed by atoms with Crippen LogP contribution in [-0.2, 0) is 4.74 Å². The molecular formula is C9H8N2O5. The first-order valence-corrected chi connectivity index (χ1v) is 4.49. The number of nitro groups is 1. The van der Waals surface area contributed by atoms with E-state index in [0.29, 0.717) is 0 Å². The third kappa shape index (κ3) is 1.74. The smallest absolute Gasteiger partial charge is 0.407 e. The van der Waals surface area contributed by atoms with Crippen molar-refractivity contribution in [3.63, 3.8) is 0 Å². The summed E-state index contributed by atoms with van der Waals surface area (Å²) < 4.78 is 4.83. The number of benzene rings is 1. The maximum atomic E-state index is 10.8. The lowest BCUT2D eigenvalue weighted by molar-refractivity contribution is -0.386. The minimum atomic E-state index is -0.736. The van der Waals surface area contributed by atoms with Crippen LogP contribution >= 0.6 is 0 Å². The van der Waals surface area contributed by atoms with Gasteiger partial charge in [0, 0.05) is 6.07 Å². The number of nitro benzene ring substituents is 1. The average Bonchev–Trinajstić information content (AvgIpc) is 2.64. The highest BCUT2D eigenvalue weighted by atomic mass is 16.6. The Kier molecular flexibility index (Phi) is 2.35. The molecular weight excluding hydrogens is 216 g/mol. The fourth-order valence-corrected chi connectivity index (χ4v) is 1.53. The molecule has 1 amide bonds. The van der Waals surface area contributed by atoms with Crippen LogP contribution in [0.4, 0.5) is 10.5 Å². The van der Waals surface area contributed by atoms with Gasteiger partial charge in [0.15, 0.2) is 6.10 Å². The molecule has 16 heavy (non-hydrogen) atoms. The van der Waals surface area contributed by atoms with Gasteiger partial charge in [0.1, 0.15) is 5.75 Å². The van der Waals surface area contributed by atoms with Gasteiger partial charge in [0.05, 0.1) is 17.0 Å². The molecule has 7 nitrogen and oxygen atoms in total. The molecule has 1 aromatic rings. The number of carbonyl (C=O) groups is 1. The van der Waals surface area contributed by atoms with Crippen molar-refractivity contribution in [3.05, 3.63) is 33.9 Å². The average molecular weight is 224 g/mol. The SMILES string of the molecule is O=C1NCC(c2cc(O)ccc2[N+](=O)[O-])O1. The van der Waals surface area contributed by atoms with Crippen LogP contribution in [0.1, 0.15) is 11.7 Å². The van der Waals surface area contributed by atoms with Gasteiger partial charge in [-0.1, -0.05) is 0 Å². The first-order chi connectivity index (χ1) is 7.58.